The first-order chi connectivity index (χ1) is 11.9. The fourth-order valence-corrected chi connectivity index (χ4v) is 2.90. The molecule has 0 radical (unpaired) electrons. The Morgan fingerprint density at radius 2 is 2.16 bits per heavy atom. The van der Waals surface area contributed by atoms with Crippen LogP contribution in [-0.2, 0) is 24.8 Å². The number of carbonyl (C=O) groups excluding carboxylic acids is 2. The molecular formula is C17H18N4O4. The van der Waals surface area contributed by atoms with Gasteiger partial charge in [0.05, 0.1) is 17.9 Å². The van der Waals surface area contributed by atoms with Crippen molar-refractivity contribution >= 4 is 17.5 Å². The van der Waals surface area contributed by atoms with E-state index in [1.807, 2.05) is 0 Å². The van der Waals surface area contributed by atoms with E-state index in [-0.39, 0.29) is 22.9 Å². The molecule has 0 atom stereocenters. The second-order valence-electron chi connectivity index (χ2n) is 5.83. The number of nitrogens with zero attached hydrogens (tertiary/aromatic N) is 2. The van der Waals surface area contributed by atoms with Gasteiger partial charge in [0.15, 0.2) is 0 Å². The van der Waals surface area contributed by atoms with E-state index in [2.05, 4.69) is 17.0 Å². The number of aryl methyl sites for hydroxylation is 1. The second kappa shape index (κ2) is 6.31. The molecule has 8 heteroatoms. The Balaban J connectivity index is 1.85. The largest absolute Gasteiger partial charge is 0.506 e. The number of aromatic nitrogens is 2. The number of hydrogen-bond donors (Lipinski definition) is 3. The van der Waals surface area contributed by atoms with Gasteiger partial charge >= 0.3 is 0 Å². The monoisotopic (exact) mass is 342 g/mol. The Hall–Kier alpha value is -3.29. The number of amides is 2. The van der Waals surface area contributed by atoms with E-state index in [1.54, 1.807) is 16.6 Å². The van der Waals surface area contributed by atoms with Gasteiger partial charge in [-0.15, -0.1) is 0 Å². The lowest BCUT2D eigenvalue weighted by atomic mass is 10.1. The maximum Gasteiger partial charge on any atom is 0.267 e. The molecule has 0 fully saturated rings. The van der Waals surface area contributed by atoms with E-state index in [0.717, 1.165) is 11.8 Å². The smallest absolute Gasteiger partial charge is 0.267 e. The van der Waals surface area contributed by atoms with Crippen molar-refractivity contribution in [3.8, 4) is 5.75 Å². The summed E-state index contributed by atoms with van der Waals surface area (Å²) in [6.45, 7) is 4.09. The van der Waals surface area contributed by atoms with Gasteiger partial charge in [0.2, 0.25) is 5.91 Å². The van der Waals surface area contributed by atoms with Crippen LogP contribution >= 0.6 is 0 Å². The summed E-state index contributed by atoms with van der Waals surface area (Å²) in [5, 5.41) is 15.0. The lowest BCUT2D eigenvalue weighted by molar-refractivity contribution is -0.111. The number of nitrogens with one attached hydrogen (secondary N) is 2. The predicted octanol–water partition coefficient (Wildman–Crippen LogP) is 0.742. The van der Waals surface area contributed by atoms with E-state index in [1.165, 1.54) is 18.2 Å². The van der Waals surface area contributed by atoms with Crippen molar-refractivity contribution in [2.24, 2.45) is 7.05 Å². The molecule has 0 saturated carbocycles. The molecule has 3 N–H and O–H groups in total. The first-order valence-corrected chi connectivity index (χ1v) is 7.73. The van der Waals surface area contributed by atoms with Crippen molar-refractivity contribution in [2.45, 2.75) is 13.0 Å². The van der Waals surface area contributed by atoms with Crippen molar-refractivity contribution in [1.82, 2.24) is 14.7 Å². The van der Waals surface area contributed by atoms with E-state index in [9.17, 15) is 19.5 Å². The Bertz CT molecular complexity index is 925. The first kappa shape index (κ1) is 16.6. The Morgan fingerprint density at radius 1 is 1.40 bits per heavy atom. The predicted molar refractivity (Wildman–Crippen MR) is 91.4 cm³/mol. The maximum absolute atomic E-state index is 12.8. The highest BCUT2D eigenvalue weighted by atomic mass is 16.3. The number of benzene rings is 1. The summed E-state index contributed by atoms with van der Waals surface area (Å²) in [6.07, 6.45) is 1.56. The van der Waals surface area contributed by atoms with Gasteiger partial charge in [-0.2, -0.15) is 0 Å². The van der Waals surface area contributed by atoms with Gasteiger partial charge in [-0.25, -0.2) is 0 Å². The Labute approximate surface area is 143 Å². The highest BCUT2D eigenvalue weighted by Gasteiger charge is 2.26. The summed E-state index contributed by atoms with van der Waals surface area (Å²) < 4.78 is 1.63. The van der Waals surface area contributed by atoms with Crippen LogP contribution in [0.1, 0.15) is 21.6 Å². The van der Waals surface area contributed by atoms with Crippen LogP contribution in [0, 0.1) is 0 Å². The third kappa shape index (κ3) is 3.06. The van der Waals surface area contributed by atoms with Crippen LogP contribution in [0.3, 0.4) is 0 Å². The molecule has 130 valence electrons. The van der Waals surface area contributed by atoms with Crippen LogP contribution in [0.25, 0.3) is 0 Å². The summed E-state index contributed by atoms with van der Waals surface area (Å²) in [5.74, 6) is -0.862. The van der Waals surface area contributed by atoms with Crippen molar-refractivity contribution in [3.05, 3.63) is 58.0 Å². The molecule has 2 aromatic rings. The molecule has 1 aliphatic heterocycles. The van der Waals surface area contributed by atoms with Gasteiger partial charge in [0.1, 0.15) is 5.75 Å². The molecule has 2 amide bonds. The molecule has 0 saturated heterocycles. The number of fused-ring (bicyclic) bond motifs is 1. The van der Waals surface area contributed by atoms with Crippen molar-refractivity contribution < 1.29 is 14.7 Å². The Morgan fingerprint density at radius 3 is 2.88 bits per heavy atom. The van der Waals surface area contributed by atoms with E-state index in [0.29, 0.717) is 30.6 Å². The molecule has 0 spiro atoms. The minimum absolute atomic E-state index is 0.122. The third-order valence-corrected chi connectivity index (χ3v) is 4.24. The molecule has 25 heavy (non-hydrogen) atoms. The number of carbonyl (C=O) groups is 2. The summed E-state index contributed by atoms with van der Waals surface area (Å²) in [7, 11) is 1.73. The molecular weight excluding hydrogens is 324 g/mol. The number of phenols is 1. The zero-order valence-corrected chi connectivity index (χ0v) is 13.7. The number of rotatable bonds is 3. The molecule has 2 heterocycles. The number of hydrogen-bond acceptors (Lipinski definition) is 4. The lowest BCUT2D eigenvalue weighted by Gasteiger charge is -2.27. The number of anilines is 1. The van der Waals surface area contributed by atoms with Crippen LogP contribution in [0.15, 0.2) is 35.6 Å². The fraction of sp³-hybridized carbons (Fsp3) is 0.235. The topological polar surface area (TPSA) is 107 Å². The van der Waals surface area contributed by atoms with Gasteiger partial charge < -0.3 is 15.3 Å². The van der Waals surface area contributed by atoms with Crippen LogP contribution in [0.2, 0.25) is 0 Å². The minimum Gasteiger partial charge on any atom is -0.506 e. The van der Waals surface area contributed by atoms with Crippen molar-refractivity contribution in [3.63, 3.8) is 0 Å². The highest BCUT2D eigenvalue weighted by Crippen LogP contribution is 2.26. The van der Waals surface area contributed by atoms with Crippen molar-refractivity contribution in [1.29, 1.82) is 0 Å². The normalized spacial score (nSPS) is 13.2. The molecule has 0 unspecified atom stereocenters. The summed E-state index contributed by atoms with van der Waals surface area (Å²) in [6, 6.07) is 4.27. The molecule has 0 aliphatic carbocycles. The quantitative estimate of drug-likeness (QED) is 0.565. The first-order valence-electron chi connectivity index (χ1n) is 7.73. The molecule has 3 rings (SSSR count). The van der Waals surface area contributed by atoms with E-state index >= 15 is 0 Å². The molecule has 1 aromatic heterocycles. The number of phenolic OH excluding ortho intramolecular Hbond substituents is 1. The molecule has 1 aliphatic rings. The average molecular weight is 342 g/mol. The molecule has 0 bridgehead atoms. The average Bonchev–Trinajstić information content (AvgIpc) is 2.89. The Kier molecular flexibility index (Phi) is 4.18. The molecule has 1 aromatic carbocycles. The molecule has 8 nitrogen and oxygen atoms in total. The standard InChI is InChI=1S/C17H18N4O4/c1-3-15(23)18-12-8-10(4-5-14(12)22)17(25)21-7-6-11-13(9-21)20(2)19-16(11)24/h3-5,8,22H,1,6-7,9H2,2H3,(H,18,23)(H,19,24). The van der Waals surface area contributed by atoms with Gasteiger partial charge in [-0.3, -0.25) is 24.2 Å². The van der Waals surface area contributed by atoms with Gasteiger partial charge in [0.25, 0.3) is 11.5 Å². The fourth-order valence-electron chi connectivity index (χ4n) is 2.90. The second-order valence-corrected chi connectivity index (χ2v) is 5.83. The number of aromatic hydroxyl groups is 1. The minimum atomic E-state index is -0.482. The summed E-state index contributed by atoms with van der Waals surface area (Å²) in [4.78, 5) is 37.6. The lowest BCUT2D eigenvalue weighted by Crippen LogP contribution is -2.37. The van der Waals surface area contributed by atoms with Gasteiger partial charge in [0, 0.05) is 24.7 Å². The number of H-pyrrole nitrogens is 1. The van der Waals surface area contributed by atoms with Gasteiger partial charge in [-0.1, -0.05) is 6.58 Å². The van der Waals surface area contributed by atoms with Gasteiger partial charge in [-0.05, 0) is 30.7 Å². The van der Waals surface area contributed by atoms with E-state index in [4.69, 9.17) is 0 Å². The van der Waals surface area contributed by atoms with E-state index < -0.39 is 5.91 Å². The van der Waals surface area contributed by atoms with Crippen molar-refractivity contribution in [2.75, 3.05) is 11.9 Å². The maximum atomic E-state index is 12.8. The zero-order valence-electron chi connectivity index (χ0n) is 13.7. The third-order valence-electron chi connectivity index (χ3n) is 4.24. The SMILES string of the molecule is C=CC(=O)Nc1cc(C(=O)N2CCc3c(n(C)[nH]c3=O)C2)ccc1O. The summed E-state index contributed by atoms with van der Waals surface area (Å²) in [5.41, 5.74) is 1.84. The van der Waals surface area contributed by atoms with Crippen LogP contribution in [-0.4, -0.2) is 38.1 Å². The number of aromatic amines is 1. The van der Waals surface area contributed by atoms with Crippen LogP contribution < -0.4 is 10.9 Å². The highest BCUT2D eigenvalue weighted by molar-refractivity contribution is 6.02. The zero-order chi connectivity index (χ0) is 18.1. The summed E-state index contributed by atoms with van der Waals surface area (Å²) >= 11 is 0. The van der Waals surface area contributed by atoms with Crippen LogP contribution in [0.5, 0.6) is 5.75 Å². The van der Waals surface area contributed by atoms with Crippen LogP contribution in [0.4, 0.5) is 5.69 Å².